The van der Waals surface area contributed by atoms with E-state index in [9.17, 15) is 9.59 Å². The van der Waals surface area contributed by atoms with Crippen LogP contribution in [0.2, 0.25) is 0 Å². The molecule has 6 heteroatoms. The number of nitrogens with zero attached hydrogens (tertiary/aromatic N) is 1. The molecule has 0 spiro atoms. The summed E-state index contributed by atoms with van der Waals surface area (Å²) in [6.45, 7) is 6.61. The van der Waals surface area contributed by atoms with Crippen LogP contribution in [-0.4, -0.2) is 38.6 Å². The van der Waals surface area contributed by atoms with E-state index >= 15 is 0 Å². The standard InChI is InChI=1S/C22H28N2O4/c1-16-6-5-7-21(17(16)2)24(18(3)25)14-12-22(26)23-13-15-28-20-10-8-19(27-4)9-11-20/h5-11H,12-15H2,1-4H3,(H,23,26). The quantitative estimate of drug-likeness (QED) is 0.674. The van der Waals surface area contributed by atoms with Crippen molar-refractivity contribution in [3.63, 3.8) is 0 Å². The number of hydrogen-bond donors (Lipinski definition) is 1. The van der Waals surface area contributed by atoms with E-state index in [0.29, 0.717) is 25.4 Å². The normalized spacial score (nSPS) is 10.3. The summed E-state index contributed by atoms with van der Waals surface area (Å²) in [6, 6.07) is 13.1. The van der Waals surface area contributed by atoms with Crippen LogP contribution in [0, 0.1) is 13.8 Å². The van der Waals surface area contributed by atoms with Gasteiger partial charge in [0.05, 0.1) is 13.7 Å². The molecule has 2 amide bonds. The molecule has 150 valence electrons. The van der Waals surface area contributed by atoms with Crippen LogP contribution in [0.5, 0.6) is 11.5 Å². The lowest BCUT2D eigenvalue weighted by atomic mass is 10.1. The molecule has 0 heterocycles. The smallest absolute Gasteiger partial charge is 0.223 e. The molecule has 0 radical (unpaired) electrons. The molecule has 0 unspecified atom stereocenters. The molecule has 0 saturated heterocycles. The number of ether oxygens (including phenoxy) is 2. The van der Waals surface area contributed by atoms with Crippen molar-refractivity contribution in [1.29, 1.82) is 0 Å². The van der Waals surface area contributed by atoms with E-state index in [1.54, 1.807) is 12.0 Å². The second kappa shape index (κ2) is 10.3. The number of aryl methyl sites for hydroxylation is 1. The van der Waals surface area contributed by atoms with E-state index in [-0.39, 0.29) is 18.2 Å². The first-order valence-corrected chi connectivity index (χ1v) is 9.30. The Labute approximate surface area is 166 Å². The molecule has 2 aromatic rings. The molecule has 0 aromatic heterocycles. The minimum atomic E-state index is -0.116. The van der Waals surface area contributed by atoms with Crippen molar-refractivity contribution < 1.29 is 19.1 Å². The molecule has 0 aliphatic heterocycles. The van der Waals surface area contributed by atoms with E-state index in [2.05, 4.69) is 5.32 Å². The van der Waals surface area contributed by atoms with Gasteiger partial charge in [0, 0.05) is 25.6 Å². The summed E-state index contributed by atoms with van der Waals surface area (Å²) in [6.07, 6.45) is 0.232. The lowest BCUT2D eigenvalue weighted by molar-refractivity contribution is -0.121. The Bertz CT molecular complexity index is 803. The number of rotatable bonds is 9. The Morgan fingerprint density at radius 1 is 1.04 bits per heavy atom. The molecular weight excluding hydrogens is 356 g/mol. The average Bonchev–Trinajstić information content (AvgIpc) is 2.68. The Morgan fingerprint density at radius 2 is 1.71 bits per heavy atom. The van der Waals surface area contributed by atoms with Crippen molar-refractivity contribution in [3.05, 3.63) is 53.6 Å². The van der Waals surface area contributed by atoms with Crippen molar-refractivity contribution in [2.24, 2.45) is 0 Å². The number of methoxy groups -OCH3 is 1. The highest BCUT2D eigenvalue weighted by Crippen LogP contribution is 2.23. The maximum atomic E-state index is 12.1. The maximum Gasteiger partial charge on any atom is 0.223 e. The molecule has 0 saturated carbocycles. The van der Waals surface area contributed by atoms with Crippen LogP contribution in [0.25, 0.3) is 0 Å². The predicted octanol–water partition coefficient (Wildman–Crippen LogP) is 3.25. The Kier molecular flexibility index (Phi) is 7.87. The SMILES string of the molecule is COc1ccc(OCCNC(=O)CCN(C(C)=O)c2cccc(C)c2C)cc1. The van der Waals surface area contributed by atoms with E-state index < -0.39 is 0 Å². The predicted molar refractivity (Wildman–Crippen MR) is 110 cm³/mol. The summed E-state index contributed by atoms with van der Waals surface area (Å²) in [5.41, 5.74) is 3.01. The highest BCUT2D eigenvalue weighted by atomic mass is 16.5. The van der Waals surface area contributed by atoms with E-state index in [1.165, 1.54) is 6.92 Å². The first kappa shape index (κ1) is 21.3. The van der Waals surface area contributed by atoms with Gasteiger partial charge in [-0.15, -0.1) is 0 Å². The third kappa shape index (κ3) is 6.01. The minimum absolute atomic E-state index is 0.0793. The molecule has 0 atom stereocenters. The number of carbonyl (C=O) groups is 2. The van der Waals surface area contributed by atoms with Gasteiger partial charge in [0.15, 0.2) is 0 Å². The number of amides is 2. The van der Waals surface area contributed by atoms with Crippen molar-refractivity contribution in [3.8, 4) is 11.5 Å². The van der Waals surface area contributed by atoms with Crippen LogP contribution in [0.4, 0.5) is 5.69 Å². The summed E-state index contributed by atoms with van der Waals surface area (Å²) in [7, 11) is 1.61. The van der Waals surface area contributed by atoms with Gasteiger partial charge in [-0.25, -0.2) is 0 Å². The number of benzene rings is 2. The molecule has 0 aliphatic rings. The second-order valence-corrected chi connectivity index (χ2v) is 6.51. The summed E-state index contributed by atoms with van der Waals surface area (Å²) in [5, 5.41) is 2.82. The van der Waals surface area contributed by atoms with Crippen molar-refractivity contribution in [2.75, 3.05) is 31.7 Å². The molecule has 28 heavy (non-hydrogen) atoms. The molecule has 0 bridgehead atoms. The van der Waals surface area contributed by atoms with Crippen molar-refractivity contribution in [2.45, 2.75) is 27.2 Å². The minimum Gasteiger partial charge on any atom is -0.497 e. The zero-order valence-electron chi connectivity index (χ0n) is 17.0. The van der Waals surface area contributed by atoms with Gasteiger partial charge in [-0.05, 0) is 55.3 Å². The van der Waals surface area contributed by atoms with Gasteiger partial charge in [-0.3, -0.25) is 9.59 Å². The molecular formula is C22H28N2O4. The fourth-order valence-electron chi connectivity index (χ4n) is 2.81. The fraction of sp³-hybridized carbons (Fsp3) is 0.364. The topological polar surface area (TPSA) is 67.9 Å². The van der Waals surface area contributed by atoms with Crippen LogP contribution in [0.1, 0.15) is 24.5 Å². The van der Waals surface area contributed by atoms with Crippen molar-refractivity contribution >= 4 is 17.5 Å². The molecule has 0 fully saturated rings. The third-order valence-corrected chi connectivity index (χ3v) is 4.56. The number of carbonyl (C=O) groups excluding carboxylic acids is 2. The van der Waals surface area contributed by atoms with E-state index in [0.717, 1.165) is 22.6 Å². The maximum absolute atomic E-state index is 12.1. The van der Waals surface area contributed by atoms with Gasteiger partial charge in [-0.1, -0.05) is 12.1 Å². The van der Waals surface area contributed by atoms with Crippen LogP contribution in [-0.2, 0) is 9.59 Å². The van der Waals surface area contributed by atoms with Crippen LogP contribution < -0.4 is 19.7 Å². The van der Waals surface area contributed by atoms with Gasteiger partial charge in [0.25, 0.3) is 0 Å². The highest BCUT2D eigenvalue weighted by Gasteiger charge is 2.16. The first-order chi connectivity index (χ1) is 13.4. The summed E-state index contributed by atoms with van der Waals surface area (Å²) >= 11 is 0. The van der Waals surface area contributed by atoms with Gasteiger partial charge in [0.1, 0.15) is 18.1 Å². The summed E-state index contributed by atoms with van der Waals surface area (Å²) < 4.78 is 10.7. The molecule has 6 nitrogen and oxygen atoms in total. The van der Waals surface area contributed by atoms with Gasteiger partial charge < -0.3 is 19.7 Å². The van der Waals surface area contributed by atoms with E-state index in [1.807, 2.05) is 56.3 Å². The van der Waals surface area contributed by atoms with Crippen LogP contribution in [0.15, 0.2) is 42.5 Å². The molecule has 2 rings (SSSR count). The molecule has 0 aliphatic carbocycles. The summed E-state index contributed by atoms with van der Waals surface area (Å²) in [5.74, 6) is 1.28. The number of nitrogens with one attached hydrogen (secondary N) is 1. The van der Waals surface area contributed by atoms with Crippen LogP contribution >= 0.6 is 0 Å². The Hall–Kier alpha value is -3.02. The highest BCUT2D eigenvalue weighted by molar-refractivity contribution is 5.93. The zero-order valence-corrected chi connectivity index (χ0v) is 17.0. The monoisotopic (exact) mass is 384 g/mol. The Balaban J connectivity index is 1.78. The lowest BCUT2D eigenvalue weighted by Gasteiger charge is -2.23. The largest absolute Gasteiger partial charge is 0.497 e. The van der Waals surface area contributed by atoms with Gasteiger partial charge >= 0.3 is 0 Å². The third-order valence-electron chi connectivity index (χ3n) is 4.56. The number of anilines is 1. The van der Waals surface area contributed by atoms with Crippen molar-refractivity contribution in [1.82, 2.24) is 5.32 Å². The van der Waals surface area contributed by atoms with Crippen LogP contribution in [0.3, 0.4) is 0 Å². The van der Waals surface area contributed by atoms with E-state index in [4.69, 9.17) is 9.47 Å². The molecule has 2 aromatic carbocycles. The fourth-order valence-corrected chi connectivity index (χ4v) is 2.81. The number of hydrogen-bond acceptors (Lipinski definition) is 4. The molecule has 1 N–H and O–H groups in total. The average molecular weight is 384 g/mol. The zero-order chi connectivity index (χ0) is 20.5. The van der Waals surface area contributed by atoms with Gasteiger partial charge in [0.2, 0.25) is 11.8 Å². The lowest BCUT2D eigenvalue weighted by Crippen LogP contribution is -2.35. The Morgan fingerprint density at radius 3 is 2.36 bits per heavy atom. The summed E-state index contributed by atoms with van der Waals surface area (Å²) in [4.78, 5) is 25.8. The van der Waals surface area contributed by atoms with Gasteiger partial charge in [-0.2, -0.15) is 0 Å². The first-order valence-electron chi connectivity index (χ1n) is 9.30. The second-order valence-electron chi connectivity index (χ2n) is 6.51.